The van der Waals surface area contributed by atoms with E-state index < -0.39 is 48.3 Å². The molecule has 0 aliphatic carbocycles. The summed E-state index contributed by atoms with van der Waals surface area (Å²) in [6.45, 7) is 4.01. The molecule has 0 aliphatic rings. The van der Waals surface area contributed by atoms with Gasteiger partial charge in [0.05, 0.1) is 6.54 Å². The Labute approximate surface area is 246 Å². The fraction of sp³-hybridized carbons (Fsp3) is 0.500. The van der Waals surface area contributed by atoms with Crippen molar-refractivity contribution >= 4 is 17.7 Å². The summed E-state index contributed by atoms with van der Waals surface area (Å²) in [5, 5.41) is 4.25. The lowest BCUT2D eigenvalue weighted by molar-refractivity contribution is -0.352. The second-order valence-electron chi connectivity index (χ2n) is 10.4. The molecule has 0 fully saturated rings. The summed E-state index contributed by atoms with van der Waals surface area (Å²) in [7, 11) is 0. The summed E-state index contributed by atoms with van der Waals surface area (Å²) in [6.07, 6.45) is -4.98. The molecule has 13 heteroatoms. The van der Waals surface area contributed by atoms with Crippen molar-refractivity contribution in [1.29, 1.82) is 0 Å². The number of hydrogen-bond donors (Lipinski definition) is 2. The Morgan fingerprint density at radius 2 is 1.42 bits per heavy atom. The van der Waals surface area contributed by atoms with Crippen LogP contribution in [-0.2, 0) is 11.2 Å². The summed E-state index contributed by atoms with van der Waals surface area (Å²) >= 11 is 0. The number of hydrogen-bond acceptors (Lipinski definition) is 3. The Balaban J connectivity index is 2.19. The number of nitrogens with zero attached hydrogens (tertiary/aromatic N) is 1. The Hall–Kier alpha value is -3.64. The maximum absolute atomic E-state index is 13.7. The molecule has 2 aromatic rings. The monoisotopic (exact) mass is 619 g/mol. The lowest BCUT2D eigenvalue weighted by Crippen LogP contribution is -2.57. The van der Waals surface area contributed by atoms with Gasteiger partial charge >= 0.3 is 18.0 Å². The van der Waals surface area contributed by atoms with Crippen LogP contribution in [0.25, 0.3) is 0 Å². The lowest BCUT2D eigenvalue weighted by Gasteiger charge is -2.29. The molecule has 6 nitrogen and oxygen atoms in total. The lowest BCUT2D eigenvalue weighted by atomic mass is 9.95. The molecule has 0 saturated carbocycles. The van der Waals surface area contributed by atoms with Crippen LogP contribution in [0.5, 0.6) is 0 Å². The molecule has 43 heavy (non-hydrogen) atoms. The van der Waals surface area contributed by atoms with E-state index in [9.17, 15) is 45.1 Å². The zero-order valence-corrected chi connectivity index (χ0v) is 24.1. The third-order valence-corrected chi connectivity index (χ3v) is 6.69. The van der Waals surface area contributed by atoms with Crippen LogP contribution in [0.2, 0.25) is 0 Å². The third-order valence-electron chi connectivity index (χ3n) is 6.69. The third kappa shape index (κ3) is 9.69. The number of halogens is 7. The van der Waals surface area contributed by atoms with Crippen LogP contribution in [0, 0.1) is 5.92 Å². The van der Waals surface area contributed by atoms with E-state index in [1.807, 2.05) is 13.8 Å². The summed E-state index contributed by atoms with van der Waals surface area (Å²) in [4.78, 5) is 40.4. The molecule has 238 valence electrons. The molecule has 0 heterocycles. The molecule has 0 radical (unpaired) electrons. The van der Waals surface area contributed by atoms with Gasteiger partial charge in [-0.05, 0) is 49.4 Å². The highest BCUT2D eigenvalue weighted by Crippen LogP contribution is 2.46. The topological polar surface area (TPSA) is 78.5 Å². The second-order valence-corrected chi connectivity index (χ2v) is 10.4. The molecule has 0 bridgehead atoms. The largest absolute Gasteiger partial charge is 0.459 e. The van der Waals surface area contributed by atoms with Crippen molar-refractivity contribution in [3.05, 3.63) is 71.3 Å². The highest BCUT2D eigenvalue weighted by atomic mass is 19.4. The number of alkyl halides is 7. The predicted octanol–water partition coefficient (Wildman–Crippen LogP) is 6.27. The maximum atomic E-state index is 13.7. The molecule has 0 aromatic heterocycles. The first-order valence-corrected chi connectivity index (χ1v) is 13.9. The summed E-state index contributed by atoms with van der Waals surface area (Å²) in [6, 6.07) is 14.0. The average Bonchev–Trinajstić information content (AvgIpc) is 2.95. The van der Waals surface area contributed by atoms with Crippen molar-refractivity contribution in [1.82, 2.24) is 15.5 Å². The van der Waals surface area contributed by atoms with E-state index in [0.29, 0.717) is 18.7 Å². The van der Waals surface area contributed by atoms with Gasteiger partial charge in [-0.2, -0.15) is 30.7 Å². The second kappa shape index (κ2) is 15.2. The van der Waals surface area contributed by atoms with Gasteiger partial charge in [0.1, 0.15) is 0 Å². The number of amides is 3. The van der Waals surface area contributed by atoms with Crippen molar-refractivity contribution in [2.45, 2.75) is 70.5 Å². The van der Waals surface area contributed by atoms with E-state index in [0.717, 1.165) is 18.4 Å². The highest BCUT2D eigenvalue weighted by Gasteiger charge is 2.72. The minimum absolute atomic E-state index is 0.156. The molecule has 2 atom stereocenters. The molecule has 0 aliphatic heterocycles. The van der Waals surface area contributed by atoms with Crippen LogP contribution in [-0.4, -0.2) is 66.3 Å². The molecule has 2 N–H and O–H groups in total. The molecule has 0 saturated heterocycles. The smallest absolute Gasteiger partial charge is 0.350 e. The zero-order chi connectivity index (χ0) is 32.4. The van der Waals surface area contributed by atoms with Crippen molar-refractivity contribution < 1.29 is 45.1 Å². The Bertz CT molecular complexity index is 1220. The van der Waals surface area contributed by atoms with Gasteiger partial charge in [0.15, 0.2) is 0 Å². The van der Waals surface area contributed by atoms with Crippen LogP contribution in [0.1, 0.15) is 66.3 Å². The molecule has 3 amide bonds. The molecular weight excluding hydrogens is 583 g/mol. The van der Waals surface area contributed by atoms with Gasteiger partial charge in [-0.15, -0.1) is 0 Å². The summed E-state index contributed by atoms with van der Waals surface area (Å²) in [5.74, 6) is -15.1. The van der Waals surface area contributed by atoms with E-state index in [4.69, 9.17) is 0 Å². The molecule has 1 unspecified atom stereocenters. The summed E-state index contributed by atoms with van der Waals surface area (Å²) < 4.78 is 91.1. The van der Waals surface area contributed by atoms with Gasteiger partial charge < -0.3 is 15.5 Å². The number of nitrogens with one attached hydrogen (secondary N) is 2. The molecule has 0 spiro atoms. The van der Waals surface area contributed by atoms with Gasteiger partial charge in [-0.1, -0.05) is 57.2 Å². The van der Waals surface area contributed by atoms with Crippen molar-refractivity contribution in [3.8, 4) is 0 Å². The fourth-order valence-corrected chi connectivity index (χ4v) is 4.42. The van der Waals surface area contributed by atoms with Gasteiger partial charge in [-0.25, -0.2) is 0 Å². The van der Waals surface area contributed by atoms with E-state index in [1.165, 1.54) is 24.4 Å². The summed E-state index contributed by atoms with van der Waals surface area (Å²) in [5.41, 5.74) is 1.21. The quantitative estimate of drug-likeness (QED) is 0.231. The van der Waals surface area contributed by atoms with Gasteiger partial charge in [0.2, 0.25) is 5.91 Å². The average molecular weight is 620 g/mol. The first-order valence-electron chi connectivity index (χ1n) is 13.9. The Morgan fingerprint density at radius 3 is 1.98 bits per heavy atom. The predicted molar refractivity (Wildman–Crippen MR) is 147 cm³/mol. The normalized spacial score (nSPS) is 13.6. The van der Waals surface area contributed by atoms with Crippen molar-refractivity contribution in [2.75, 3.05) is 19.6 Å². The molecule has 2 aromatic carbocycles. The van der Waals surface area contributed by atoms with Crippen LogP contribution >= 0.6 is 0 Å². The first-order chi connectivity index (χ1) is 20.0. The van der Waals surface area contributed by atoms with Gasteiger partial charge in [0, 0.05) is 36.2 Å². The van der Waals surface area contributed by atoms with Crippen LogP contribution in [0.3, 0.4) is 0 Å². The van der Waals surface area contributed by atoms with Gasteiger partial charge in [0.25, 0.3) is 11.8 Å². The number of rotatable bonds is 15. The minimum atomic E-state index is -6.51. The number of carbonyl (C=O) groups excluding carboxylic acids is 3. The van der Waals surface area contributed by atoms with Crippen molar-refractivity contribution in [3.63, 3.8) is 0 Å². The van der Waals surface area contributed by atoms with E-state index in [-0.39, 0.29) is 24.3 Å². The van der Waals surface area contributed by atoms with Crippen LogP contribution < -0.4 is 10.6 Å². The fourth-order valence-electron chi connectivity index (χ4n) is 4.42. The number of benzene rings is 2. The van der Waals surface area contributed by atoms with E-state index >= 15 is 0 Å². The standard InChI is InChI=1S/C30H36F7N3O3/c1-4-14-40(15-5-2)27(43)23-13-9-12-22(18-23)26(42)39-24(17-21-10-7-6-8-11-21)16-20(3)25(41)38-19-28(31,32)29(33,34)30(35,36)37/h6-13,18,20,24H,4-5,14-17,19H2,1-3H3,(H,38,41)(H,39,42)/t20?,24-/m1/s1. The van der Waals surface area contributed by atoms with E-state index in [1.54, 1.807) is 47.4 Å². The zero-order valence-electron chi connectivity index (χ0n) is 24.1. The van der Waals surface area contributed by atoms with Crippen LogP contribution in [0.4, 0.5) is 30.7 Å². The first kappa shape index (κ1) is 35.6. The minimum Gasteiger partial charge on any atom is -0.350 e. The van der Waals surface area contributed by atoms with Crippen molar-refractivity contribution in [2.24, 2.45) is 5.92 Å². The highest BCUT2D eigenvalue weighted by molar-refractivity contribution is 5.99. The maximum Gasteiger partial charge on any atom is 0.459 e. The van der Waals surface area contributed by atoms with E-state index in [2.05, 4.69) is 5.32 Å². The SMILES string of the molecule is CCCN(CCC)C(=O)c1cccc(C(=O)N[C@@H](Cc2ccccc2)CC(C)C(=O)NCC(F)(F)C(F)(F)C(F)(F)F)c1. The molecule has 2 rings (SSSR count). The van der Waals surface area contributed by atoms with Gasteiger partial charge in [-0.3, -0.25) is 14.4 Å². The van der Waals surface area contributed by atoms with Crippen LogP contribution in [0.15, 0.2) is 54.6 Å². The number of carbonyl (C=O) groups is 3. The molecular formula is C30H36F7N3O3. The Morgan fingerprint density at radius 1 is 0.837 bits per heavy atom. The Kier molecular flexibility index (Phi) is 12.6.